The van der Waals surface area contributed by atoms with Crippen LogP contribution in [0, 0.1) is 0 Å². The lowest BCUT2D eigenvalue weighted by molar-refractivity contribution is 0.111. The molecule has 0 aliphatic heterocycles. The second kappa shape index (κ2) is 4.57. The van der Waals surface area contributed by atoms with Gasteiger partial charge in [-0.15, -0.1) is 0 Å². The fourth-order valence-corrected chi connectivity index (χ4v) is 2.03. The molecule has 0 radical (unpaired) electrons. The molecule has 4 nitrogen and oxygen atoms in total. The minimum absolute atomic E-state index is 0.588. The molecule has 0 spiro atoms. The summed E-state index contributed by atoms with van der Waals surface area (Å²) in [4.78, 5) is 15.5. The first-order valence-corrected chi connectivity index (χ1v) is 5.89. The lowest BCUT2D eigenvalue weighted by atomic mass is 10.2. The second-order valence-corrected chi connectivity index (χ2v) is 4.15. The number of aromatic nitrogens is 2. The molecule has 0 saturated carbocycles. The molecule has 4 heteroatoms. The van der Waals surface area contributed by atoms with Gasteiger partial charge in [-0.1, -0.05) is 6.07 Å². The van der Waals surface area contributed by atoms with Crippen LogP contribution in [0.3, 0.4) is 0 Å². The predicted molar refractivity (Wildman–Crippen MR) is 72.6 cm³/mol. The van der Waals surface area contributed by atoms with Crippen LogP contribution in [-0.4, -0.2) is 22.8 Å². The van der Waals surface area contributed by atoms with Crippen LogP contribution in [0.4, 0.5) is 0 Å². The number of imidazole rings is 1. The summed E-state index contributed by atoms with van der Waals surface area (Å²) in [6.07, 6.45) is 2.69. The van der Waals surface area contributed by atoms with Crippen molar-refractivity contribution < 1.29 is 9.53 Å². The van der Waals surface area contributed by atoms with Gasteiger partial charge in [0.1, 0.15) is 11.4 Å². The zero-order valence-electron chi connectivity index (χ0n) is 10.4. The van der Waals surface area contributed by atoms with Crippen LogP contribution < -0.4 is 4.74 Å². The molecule has 0 N–H and O–H groups in total. The molecule has 0 aliphatic carbocycles. The van der Waals surface area contributed by atoms with Crippen LogP contribution in [0.15, 0.2) is 48.7 Å². The van der Waals surface area contributed by atoms with E-state index >= 15 is 0 Å². The van der Waals surface area contributed by atoms with Crippen molar-refractivity contribution in [3.8, 4) is 17.0 Å². The van der Waals surface area contributed by atoms with Crippen molar-refractivity contribution in [2.45, 2.75) is 0 Å². The fourth-order valence-electron chi connectivity index (χ4n) is 2.03. The van der Waals surface area contributed by atoms with Crippen molar-refractivity contribution in [2.24, 2.45) is 0 Å². The Balaban J connectivity index is 2.12. The van der Waals surface area contributed by atoms with E-state index < -0.39 is 0 Å². The topological polar surface area (TPSA) is 43.6 Å². The minimum atomic E-state index is 0.588. The monoisotopic (exact) mass is 252 g/mol. The van der Waals surface area contributed by atoms with Gasteiger partial charge < -0.3 is 4.74 Å². The Hall–Kier alpha value is -2.62. The first-order valence-electron chi connectivity index (χ1n) is 5.89. The van der Waals surface area contributed by atoms with Crippen LogP contribution >= 0.6 is 0 Å². The first kappa shape index (κ1) is 11.5. The number of ether oxygens (including phenoxy) is 1. The maximum absolute atomic E-state index is 11.0. The summed E-state index contributed by atoms with van der Waals surface area (Å²) in [5.41, 5.74) is 3.17. The normalized spacial score (nSPS) is 10.6. The van der Waals surface area contributed by atoms with E-state index in [9.17, 15) is 4.79 Å². The summed E-state index contributed by atoms with van der Waals surface area (Å²) in [7, 11) is 1.64. The molecule has 0 aliphatic rings. The average molecular weight is 252 g/mol. The molecule has 0 saturated heterocycles. The third-order valence-electron chi connectivity index (χ3n) is 3.03. The molecule has 0 bridgehead atoms. The smallest absolute Gasteiger partial charge is 0.166 e. The number of methoxy groups -OCH3 is 1. The van der Waals surface area contributed by atoms with Gasteiger partial charge in [-0.2, -0.15) is 0 Å². The van der Waals surface area contributed by atoms with Crippen molar-refractivity contribution in [3.63, 3.8) is 0 Å². The highest BCUT2D eigenvalue weighted by molar-refractivity contribution is 5.75. The zero-order valence-corrected chi connectivity index (χ0v) is 10.4. The Morgan fingerprint density at radius 3 is 2.63 bits per heavy atom. The maximum atomic E-state index is 11.0. The number of carbonyl (C=O) groups is 1. The second-order valence-electron chi connectivity index (χ2n) is 4.15. The predicted octanol–water partition coefficient (Wildman–Crippen LogP) is 2.82. The number of benzene rings is 1. The van der Waals surface area contributed by atoms with Crippen LogP contribution in [-0.2, 0) is 0 Å². The number of fused-ring (bicyclic) bond motifs is 1. The molecular formula is C15H12N2O2. The number of hydrogen-bond donors (Lipinski definition) is 0. The summed E-state index contributed by atoms with van der Waals surface area (Å²) >= 11 is 0. The van der Waals surface area contributed by atoms with Gasteiger partial charge in [0.15, 0.2) is 6.29 Å². The Labute approximate surface area is 110 Å². The SMILES string of the molecule is COc1ccc(-c2cn3c(C=O)cccc3n2)cc1. The molecule has 2 aromatic heterocycles. The van der Waals surface area contributed by atoms with Crippen LogP contribution in [0.2, 0.25) is 0 Å². The lowest BCUT2D eigenvalue weighted by Crippen LogP contribution is -1.91. The van der Waals surface area contributed by atoms with E-state index in [0.717, 1.165) is 28.9 Å². The number of rotatable bonds is 3. The summed E-state index contributed by atoms with van der Waals surface area (Å²) in [5.74, 6) is 0.807. The Morgan fingerprint density at radius 1 is 1.16 bits per heavy atom. The van der Waals surface area contributed by atoms with Crippen molar-refractivity contribution in [1.82, 2.24) is 9.38 Å². The third kappa shape index (κ3) is 1.97. The largest absolute Gasteiger partial charge is 0.497 e. The molecule has 3 rings (SSSR count). The molecule has 0 fully saturated rings. The minimum Gasteiger partial charge on any atom is -0.497 e. The van der Waals surface area contributed by atoms with E-state index in [-0.39, 0.29) is 0 Å². The van der Waals surface area contributed by atoms with E-state index in [2.05, 4.69) is 4.98 Å². The van der Waals surface area contributed by atoms with Crippen molar-refractivity contribution in [2.75, 3.05) is 7.11 Å². The van der Waals surface area contributed by atoms with Gasteiger partial charge in [0.05, 0.1) is 18.5 Å². The van der Waals surface area contributed by atoms with Crippen LogP contribution in [0.25, 0.3) is 16.9 Å². The van der Waals surface area contributed by atoms with Crippen molar-refractivity contribution >= 4 is 11.9 Å². The van der Waals surface area contributed by atoms with Crippen LogP contribution in [0.5, 0.6) is 5.75 Å². The summed E-state index contributed by atoms with van der Waals surface area (Å²) in [6.45, 7) is 0. The van der Waals surface area contributed by atoms with E-state index in [4.69, 9.17) is 4.74 Å². The summed E-state index contributed by atoms with van der Waals surface area (Å²) < 4.78 is 6.91. The number of aldehydes is 1. The van der Waals surface area contributed by atoms with E-state index in [1.807, 2.05) is 42.6 Å². The molecule has 0 amide bonds. The number of carbonyl (C=O) groups excluding carboxylic acids is 1. The van der Waals surface area contributed by atoms with Gasteiger partial charge in [0.2, 0.25) is 0 Å². The maximum Gasteiger partial charge on any atom is 0.166 e. The molecule has 2 heterocycles. The fraction of sp³-hybridized carbons (Fsp3) is 0.0667. The molecule has 0 unspecified atom stereocenters. The average Bonchev–Trinajstić information content (AvgIpc) is 2.91. The highest BCUT2D eigenvalue weighted by Crippen LogP contribution is 2.22. The van der Waals surface area contributed by atoms with Crippen molar-refractivity contribution in [3.05, 3.63) is 54.4 Å². The van der Waals surface area contributed by atoms with Gasteiger partial charge in [0, 0.05) is 11.8 Å². The Bertz CT molecular complexity index is 729. The van der Waals surface area contributed by atoms with Gasteiger partial charge >= 0.3 is 0 Å². The highest BCUT2D eigenvalue weighted by atomic mass is 16.5. The van der Waals surface area contributed by atoms with Crippen molar-refractivity contribution in [1.29, 1.82) is 0 Å². The first-order chi connectivity index (χ1) is 9.31. The lowest BCUT2D eigenvalue weighted by Gasteiger charge is -2.00. The van der Waals surface area contributed by atoms with Gasteiger partial charge in [-0.05, 0) is 36.4 Å². The third-order valence-corrected chi connectivity index (χ3v) is 3.03. The molecule has 3 aromatic rings. The highest BCUT2D eigenvalue weighted by Gasteiger charge is 2.06. The molecule has 94 valence electrons. The quantitative estimate of drug-likeness (QED) is 0.673. The van der Waals surface area contributed by atoms with Gasteiger partial charge in [0.25, 0.3) is 0 Å². The Morgan fingerprint density at radius 2 is 1.95 bits per heavy atom. The van der Waals surface area contributed by atoms with Crippen LogP contribution in [0.1, 0.15) is 10.5 Å². The molecule has 19 heavy (non-hydrogen) atoms. The van der Waals surface area contributed by atoms with E-state index in [1.54, 1.807) is 17.6 Å². The van der Waals surface area contributed by atoms with E-state index in [1.165, 1.54) is 0 Å². The summed E-state index contributed by atoms with van der Waals surface area (Å²) in [5, 5.41) is 0. The number of hydrogen-bond acceptors (Lipinski definition) is 3. The number of pyridine rings is 1. The molecule has 0 atom stereocenters. The summed E-state index contributed by atoms with van der Waals surface area (Å²) in [6, 6.07) is 13.1. The van der Waals surface area contributed by atoms with Gasteiger partial charge in [-0.3, -0.25) is 9.20 Å². The molecule has 1 aromatic carbocycles. The standard InChI is InChI=1S/C15H12N2O2/c1-19-13-7-5-11(6-8-13)14-9-17-12(10-18)3-2-4-15(17)16-14/h2-10H,1H3. The van der Waals surface area contributed by atoms with E-state index in [0.29, 0.717) is 5.69 Å². The van der Waals surface area contributed by atoms with Gasteiger partial charge in [-0.25, -0.2) is 4.98 Å². The Kier molecular flexibility index (Phi) is 2.76. The zero-order chi connectivity index (χ0) is 13.2. The molecular weight excluding hydrogens is 240 g/mol. The number of nitrogens with zero attached hydrogens (tertiary/aromatic N) is 2.